The molecule has 4 aromatic rings. The Morgan fingerprint density at radius 3 is 2.61 bits per heavy atom. The van der Waals surface area contributed by atoms with Crippen LogP contribution in [0, 0.1) is 11.3 Å². The predicted octanol–water partition coefficient (Wildman–Crippen LogP) is 3.19. The van der Waals surface area contributed by atoms with Crippen molar-refractivity contribution < 1.29 is 18.7 Å². The van der Waals surface area contributed by atoms with E-state index in [2.05, 4.69) is 30.8 Å². The Balaban J connectivity index is 1.69. The van der Waals surface area contributed by atoms with Crippen LogP contribution >= 0.6 is 0 Å². The van der Waals surface area contributed by atoms with Gasteiger partial charge in [-0.25, -0.2) is 18.3 Å². The molecule has 4 rings (SSSR count). The Labute approximate surface area is 217 Å². The average molecular weight is 524 g/mol. The van der Waals surface area contributed by atoms with E-state index in [9.17, 15) is 18.7 Å². The fourth-order valence-electron chi connectivity index (χ4n) is 3.57. The fourth-order valence-corrected chi connectivity index (χ4v) is 3.57. The number of aromatic nitrogens is 6. The summed E-state index contributed by atoms with van der Waals surface area (Å²) in [7, 11) is 0. The number of nitriles is 1. The van der Waals surface area contributed by atoms with Gasteiger partial charge in [-0.3, -0.25) is 14.5 Å². The van der Waals surface area contributed by atoms with Crippen molar-refractivity contribution in [1.82, 2.24) is 34.7 Å². The first-order chi connectivity index (χ1) is 17.8. The van der Waals surface area contributed by atoms with Gasteiger partial charge >= 0.3 is 0 Å². The lowest BCUT2D eigenvalue weighted by atomic mass is 10.0. The Morgan fingerprint density at radius 1 is 1.16 bits per heavy atom. The number of amides is 1. The van der Waals surface area contributed by atoms with Gasteiger partial charge in [0.2, 0.25) is 0 Å². The molecule has 0 aliphatic rings. The monoisotopic (exact) mass is 523 g/mol. The number of rotatable bonds is 9. The van der Waals surface area contributed by atoms with E-state index in [-0.39, 0.29) is 12.1 Å². The minimum absolute atomic E-state index is 0.0244. The minimum atomic E-state index is -1.69. The van der Waals surface area contributed by atoms with Gasteiger partial charge in [0.15, 0.2) is 5.65 Å². The highest BCUT2D eigenvalue weighted by Gasteiger charge is 2.27. The first-order valence-corrected chi connectivity index (χ1v) is 11.7. The summed E-state index contributed by atoms with van der Waals surface area (Å²) in [5, 5.41) is 32.9. The Bertz CT molecular complexity index is 1510. The second-order valence-corrected chi connectivity index (χ2v) is 9.99. The van der Waals surface area contributed by atoms with Crippen molar-refractivity contribution in [2.24, 2.45) is 0 Å². The molecule has 0 bridgehead atoms. The van der Waals surface area contributed by atoms with Crippen LogP contribution in [-0.2, 0) is 6.54 Å². The number of halogens is 2. The normalized spacial score (nSPS) is 12.8. The molecule has 13 heteroatoms. The lowest BCUT2D eigenvalue weighted by molar-refractivity contribution is -0.00177. The summed E-state index contributed by atoms with van der Waals surface area (Å²) in [5.41, 5.74) is -0.519. The highest BCUT2D eigenvalue weighted by molar-refractivity contribution is 6.00. The number of anilines is 2. The molecule has 0 saturated heterocycles. The molecule has 198 valence electrons. The lowest BCUT2D eigenvalue weighted by Crippen LogP contribution is -2.42. The molecule has 4 aromatic heterocycles. The summed E-state index contributed by atoms with van der Waals surface area (Å²) in [6.45, 7) is 5.12. The highest BCUT2D eigenvalue weighted by atomic mass is 19.1. The van der Waals surface area contributed by atoms with Crippen molar-refractivity contribution in [1.29, 1.82) is 5.26 Å². The number of alkyl halides is 2. The maximum atomic E-state index is 14.2. The zero-order valence-corrected chi connectivity index (χ0v) is 21.3. The largest absolute Gasteiger partial charge is 0.387 e. The maximum absolute atomic E-state index is 14.2. The quantitative estimate of drug-likeness (QED) is 0.303. The third-order valence-corrected chi connectivity index (χ3v) is 5.56. The van der Waals surface area contributed by atoms with Gasteiger partial charge in [-0.05, 0) is 33.8 Å². The number of aliphatic hydroxyl groups is 1. The van der Waals surface area contributed by atoms with Crippen molar-refractivity contribution >= 4 is 22.9 Å². The van der Waals surface area contributed by atoms with Crippen molar-refractivity contribution in [2.75, 3.05) is 11.9 Å². The van der Waals surface area contributed by atoms with Crippen LogP contribution in [0.2, 0.25) is 0 Å². The molecule has 1 amide bonds. The van der Waals surface area contributed by atoms with Gasteiger partial charge in [0, 0.05) is 18.5 Å². The summed E-state index contributed by atoms with van der Waals surface area (Å²) in [6.07, 6.45) is 5.64. The van der Waals surface area contributed by atoms with Gasteiger partial charge < -0.3 is 15.7 Å². The second-order valence-electron chi connectivity index (χ2n) is 9.99. The summed E-state index contributed by atoms with van der Waals surface area (Å²) in [6, 6.07) is 5.18. The number of nitrogens with zero attached hydrogens (tertiary/aromatic N) is 7. The van der Waals surface area contributed by atoms with Crippen LogP contribution in [0.25, 0.3) is 17.0 Å². The molecule has 38 heavy (non-hydrogen) atoms. The number of fused-ring (bicyclic) bond motifs is 1. The summed E-state index contributed by atoms with van der Waals surface area (Å²) in [4.78, 5) is 21.7. The Kier molecular flexibility index (Phi) is 7.10. The first-order valence-electron chi connectivity index (χ1n) is 11.7. The molecular formula is C25H27F2N9O2. The van der Waals surface area contributed by atoms with Gasteiger partial charge in [0.05, 0.1) is 65.5 Å². The van der Waals surface area contributed by atoms with Crippen LogP contribution in [-0.4, -0.2) is 64.4 Å². The van der Waals surface area contributed by atoms with Gasteiger partial charge in [0.1, 0.15) is 23.6 Å². The smallest absolute Gasteiger partial charge is 0.255 e. The van der Waals surface area contributed by atoms with Crippen molar-refractivity contribution in [3.63, 3.8) is 0 Å². The van der Waals surface area contributed by atoms with E-state index in [4.69, 9.17) is 5.26 Å². The minimum Gasteiger partial charge on any atom is -0.387 e. The van der Waals surface area contributed by atoms with E-state index >= 15 is 0 Å². The van der Waals surface area contributed by atoms with Crippen LogP contribution in [0.15, 0.2) is 43.1 Å². The molecule has 0 spiro atoms. The van der Waals surface area contributed by atoms with Gasteiger partial charge in [0.25, 0.3) is 5.91 Å². The lowest BCUT2D eigenvalue weighted by Gasteiger charge is -2.22. The summed E-state index contributed by atoms with van der Waals surface area (Å²) < 4.78 is 31.3. The van der Waals surface area contributed by atoms with Gasteiger partial charge in [-0.15, -0.1) is 0 Å². The number of carbonyl (C=O) groups excluding carboxylic acids is 1. The SMILES string of the molecule is CC(C)(F)Cn1cc(Nc2cc(-c3cnc4cc(C#N)cnn34)ncc2C(=O)NCC(F)C(C)(C)O)cn1. The molecule has 0 aromatic carbocycles. The van der Waals surface area contributed by atoms with Crippen molar-refractivity contribution in [3.8, 4) is 17.5 Å². The van der Waals surface area contributed by atoms with Crippen LogP contribution in [0.1, 0.15) is 43.6 Å². The van der Waals surface area contributed by atoms with E-state index in [1.54, 1.807) is 18.3 Å². The molecule has 4 heterocycles. The van der Waals surface area contributed by atoms with Crippen LogP contribution in [0.3, 0.4) is 0 Å². The third kappa shape index (κ3) is 6.09. The summed E-state index contributed by atoms with van der Waals surface area (Å²) in [5.74, 6) is -0.620. The van der Waals surface area contributed by atoms with Crippen LogP contribution < -0.4 is 10.6 Å². The topological polar surface area (TPSA) is 146 Å². The molecule has 0 aliphatic heterocycles. The highest BCUT2D eigenvalue weighted by Crippen LogP contribution is 2.27. The van der Waals surface area contributed by atoms with E-state index in [1.807, 2.05) is 6.07 Å². The number of carbonyl (C=O) groups is 1. The average Bonchev–Trinajstić information content (AvgIpc) is 3.46. The molecule has 11 nitrogen and oxygen atoms in total. The number of pyridine rings is 1. The zero-order chi connectivity index (χ0) is 27.7. The predicted molar refractivity (Wildman–Crippen MR) is 135 cm³/mol. The fraction of sp³-hybridized carbons (Fsp3) is 0.360. The number of hydrogen-bond acceptors (Lipinski definition) is 8. The number of nitrogens with one attached hydrogen (secondary N) is 2. The maximum Gasteiger partial charge on any atom is 0.255 e. The van der Waals surface area contributed by atoms with Crippen LogP contribution in [0.4, 0.5) is 20.2 Å². The molecule has 0 saturated carbocycles. The van der Waals surface area contributed by atoms with Gasteiger partial charge in [-0.2, -0.15) is 15.5 Å². The number of imidazole rings is 1. The number of hydrogen-bond donors (Lipinski definition) is 3. The van der Waals surface area contributed by atoms with Gasteiger partial charge in [-0.1, -0.05) is 0 Å². The first kappa shape index (κ1) is 26.6. The van der Waals surface area contributed by atoms with E-state index in [0.717, 1.165) is 0 Å². The van der Waals surface area contributed by atoms with Crippen molar-refractivity contribution in [3.05, 3.63) is 54.2 Å². The molecule has 0 fully saturated rings. The molecule has 1 atom stereocenters. The molecule has 1 unspecified atom stereocenters. The molecule has 3 N–H and O–H groups in total. The Morgan fingerprint density at radius 2 is 1.92 bits per heavy atom. The molecular weight excluding hydrogens is 496 g/mol. The Hall–Kier alpha value is -4.44. The van der Waals surface area contributed by atoms with Crippen molar-refractivity contribution in [2.45, 2.75) is 51.7 Å². The molecule has 0 aliphatic carbocycles. The third-order valence-electron chi connectivity index (χ3n) is 5.56. The zero-order valence-electron chi connectivity index (χ0n) is 21.3. The van der Waals surface area contributed by atoms with E-state index in [1.165, 1.54) is 61.7 Å². The van der Waals surface area contributed by atoms with E-state index in [0.29, 0.717) is 34.0 Å². The molecule has 0 radical (unpaired) electrons. The van der Waals surface area contributed by atoms with E-state index < -0.39 is 29.9 Å². The summed E-state index contributed by atoms with van der Waals surface area (Å²) >= 11 is 0. The standard InChI is InChI=1S/C25H27F2N9O2/c1-24(2,27)14-35-13-16(9-32-35)34-18-6-19(20-11-30-22-5-15(7-28)8-33-36(20)22)29-10-17(18)23(37)31-12-21(26)25(3,4)38/h5-6,8-11,13,21,38H,12,14H2,1-4H3,(H,29,34)(H,31,37). The second kappa shape index (κ2) is 10.1. The van der Waals surface area contributed by atoms with Crippen LogP contribution in [0.5, 0.6) is 0 Å².